The lowest BCUT2D eigenvalue weighted by atomic mass is 10.1. The van der Waals surface area contributed by atoms with Gasteiger partial charge in [-0.2, -0.15) is 0 Å². The summed E-state index contributed by atoms with van der Waals surface area (Å²) in [6.07, 6.45) is 4.14. The fraction of sp³-hybridized carbons (Fsp3) is 0.550. The number of nitrogens with one attached hydrogen (secondary N) is 1. The van der Waals surface area contributed by atoms with E-state index >= 15 is 0 Å². The summed E-state index contributed by atoms with van der Waals surface area (Å²) in [6.45, 7) is 8.15. The van der Waals surface area contributed by atoms with E-state index < -0.39 is 6.23 Å². The fourth-order valence-corrected chi connectivity index (χ4v) is 3.28. The number of rotatable bonds is 5. The molecule has 1 aliphatic rings. The van der Waals surface area contributed by atoms with Gasteiger partial charge < -0.3 is 10.0 Å². The van der Waals surface area contributed by atoms with Gasteiger partial charge in [-0.25, -0.2) is 9.97 Å². The molecule has 2 N–H and O–H groups in total. The van der Waals surface area contributed by atoms with Gasteiger partial charge in [0.1, 0.15) is 17.7 Å². The standard InChI is InChI=1S/C20H29N5O/c1-13(19(26)24-20(2,3)4)25(5)18-14-9-8-11-15(14)22-17(23-18)16-10-6-7-12-21-16/h6-7,10,12-13,19,24,26H,8-9,11H2,1-5H3. The number of fused-ring (bicyclic) bond motifs is 1. The van der Waals surface area contributed by atoms with Crippen molar-refractivity contribution in [1.82, 2.24) is 20.3 Å². The van der Waals surface area contributed by atoms with Gasteiger partial charge in [0.05, 0.1) is 6.04 Å². The van der Waals surface area contributed by atoms with Crippen molar-refractivity contribution in [3.8, 4) is 11.5 Å². The molecule has 0 fully saturated rings. The Kier molecular flexibility index (Phi) is 5.25. The second kappa shape index (κ2) is 7.29. The Hall–Kier alpha value is -2.05. The van der Waals surface area contributed by atoms with Gasteiger partial charge in [-0.3, -0.25) is 10.3 Å². The van der Waals surface area contributed by atoms with Gasteiger partial charge in [0.2, 0.25) is 0 Å². The number of aliphatic hydroxyl groups excluding tert-OH is 1. The van der Waals surface area contributed by atoms with Crippen molar-refractivity contribution in [2.24, 2.45) is 0 Å². The summed E-state index contributed by atoms with van der Waals surface area (Å²) in [7, 11) is 1.99. The summed E-state index contributed by atoms with van der Waals surface area (Å²) in [6, 6.07) is 5.63. The lowest BCUT2D eigenvalue weighted by Gasteiger charge is -2.35. The Morgan fingerprint density at radius 2 is 1.96 bits per heavy atom. The average Bonchev–Trinajstić information content (AvgIpc) is 3.07. The van der Waals surface area contributed by atoms with E-state index in [-0.39, 0.29) is 11.6 Å². The van der Waals surface area contributed by atoms with Crippen LogP contribution in [-0.2, 0) is 12.8 Å². The van der Waals surface area contributed by atoms with Crippen molar-refractivity contribution in [3.05, 3.63) is 35.7 Å². The molecular weight excluding hydrogens is 326 g/mol. The molecule has 6 heteroatoms. The molecule has 0 radical (unpaired) electrons. The molecule has 26 heavy (non-hydrogen) atoms. The lowest BCUT2D eigenvalue weighted by molar-refractivity contribution is 0.0847. The highest BCUT2D eigenvalue weighted by Gasteiger charge is 2.28. The van der Waals surface area contributed by atoms with E-state index in [0.29, 0.717) is 5.82 Å². The minimum Gasteiger partial charge on any atom is -0.376 e. The summed E-state index contributed by atoms with van der Waals surface area (Å²) < 4.78 is 0. The Morgan fingerprint density at radius 3 is 2.62 bits per heavy atom. The molecule has 0 saturated heterocycles. The molecule has 2 unspecified atom stereocenters. The monoisotopic (exact) mass is 355 g/mol. The Morgan fingerprint density at radius 1 is 1.19 bits per heavy atom. The summed E-state index contributed by atoms with van der Waals surface area (Å²) >= 11 is 0. The molecule has 1 aliphatic carbocycles. The van der Waals surface area contributed by atoms with E-state index in [1.807, 2.05) is 52.9 Å². The highest BCUT2D eigenvalue weighted by molar-refractivity contribution is 5.59. The molecule has 2 atom stereocenters. The quantitative estimate of drug-likeness (QED) is 0.803. The molecule has 0 spiro atoms. The molecule has 6 nitrogen and oxygen atoms in total. The highest BCUT2D eigenvalue weighted by atomic mass is 16.3. The third kappa shape index (κ3) is 4.02. The highest BCUT2D eigenvalue weighted by Crippen LogP contribution is 2.31. The maximum absolute atomic E-state index is 10.6. The van der Waals surface area contributed by atoms with E-state index in [2.05, 4.69) is 15.2 Å². The maximum Gasteiger partial charge on any atom is 0.180 e. The van der Waals surface area contributed by atoms with Crippen LogP contribution in [0.5, 0.6) is 0 Å². The van der Waals surface area contributed by atoms with Crippen LogP contribution in [0.25, 0.3) is 11.5 Å². The topological polar surface area (TPSA) is 74.2 Å². The van der Waals surface area contributed by atoms with Crippen LogP contribution in [0.2, 0.25) is 0 Å². The molecule has 2 aromatic heterocycles. The van der Waals surface area contributed by atoms with Gasteiger partial charge in [0.25, 0.3) is 0 Å². The number of hydrogen-bond acceptors (Lipinski definition) is 6. The van der Waals surface area contributed by atoms with Gasteiger partial charge in [-0.15, -0.1) is 0 Å². The van der Waals surface area contributed by atoms with E-state index in [4.69, 9.17) is 9.97 Å². The third-order valence-corrected chi connectivity index (χ3v) is 4.79. The molecule has 3 rings (SSSR count). The first-order valence-corrected chi connectivity index (χ1v) is 9.26. The fourth-order valence-electron chi connectivity index (χ4n) is 3.28. The van der Waals surface area contributed by atoms with Crippen LogP contribution in [0.4, 0.5) is 5.82 Å². The molecule has 2 heterocycles. The molecule has 0 saturated carbocycles. The van der Waals surface area contributed by atoms with E-state index in [9.17, 15) is 5.11 Å². The van der Waals surface area contributed by atoms with Gasteiger partial charge in [0, 0.05) is 30.0 Å². The number of anilines is 1. The number of aromatic nitrogens is 3. The van der Waals surface area contributed by atoms with Crippen LogP contribution >= 0.6 is 0 Å². The van der Waals surface area contributed by atoms with Crippen molar-refractivity contribution < 1.29 is 5.11 Å². The number of aliphatic hydroxyl groups is 1. The number of aryl methyl sites for hydroxylation is 1. The molecule has 0 bridgehead atoms. The van der Waals surface area contributed by atoms with Crippen LogP contribution in [0.15, 0.2) is 24.4 Å². The Labute approximate surface area is 155 Å². The number of pyridine rings is 1. The zero-order valence-electron chi connectivity index (χ0n) is 16.3. The smallest absolute Gasteiger partial charge is 0.180 e. The van der Waals surface area contributed by atoms with Crippen LogP contribution in [0, 0.1) is 0 Å². The average molecular weight is 355 g/mol. The second-order valence-electron chi connectivity index (χ2n) is 8.06. The first-order valence-electron chi connectivity index (χ1n) is 9.26. The van der Waals surface area contributed by atoms with Crippen molar-refractivity contribution in [2.45, 2.75) is 64.8 Å². The van der Waals surface area contributed by atoms with Crippen LogP contribution < -0.4 is 10.2 Å². The van der Waals surface area contributed by atoms with Crippen LogP contribution in [-0.4, -0.2) is 44.9 Å². The summed E-state index contributed by atoms with van der Waals surface area (Å²) in [4.78, 5) is 16.0. The zero-order valence-corrected chi connectivity index (χ0v) is 16.3. The first-order chi connectivity index (χ1) is 12.3. The van der Waals surface area contributed by atoms with Crippen LogP contribution in [0.3, 0.4) is 0 Å². The summed E-state index contributed by atoms with van der Waals surface area (Å²) in [5.74, 6) is 1.55. The van der Waals surface area contributed by atoms with E-state index in [0.717, 1.165) is 36.5 Å². The van der Waals surface area contributed by atoms with Crippen molar-refractivity contribution >= 4 is 5.82 Å². The third-order valence-electron chi connectivity index (χ3n) is 4.79. The van der Waals surface area contributed by atoms with Gasteiger partial charge >= 0.3 is 0 Å². The van der Waals surface area contributed by atoms with Gasteiger partial charge in [-0.05, 0) is 59.1 Å². The molecule has 0 amide bonds. The molecule has 2 aromatic rings. The summed E-state index contributed by atoms with van der Waals surface area (Å²) in [5.41, 5.74) is 2.91. The molecular formula is C20H29N5O. The van der Waals surface area contributed by atoms with Crippen molar-refractivity contribution in [2.75, 3.05) is 11.9 Å². The minimum absolute atomic E-state index is 0.134. The largest absolute Gasteiger partial charge is 0.376 e. The van der Waals surface area contributed by atoms with Gasteiger partial charge in [0.15, 0.2) is 5.82 Å². The number of hydrogen-bond donors (Lipinski definition) is 2. The Balaban J connectivity index is 1.95. The second-order valence-corrected chi connectivity index (χ2v) is 8.06. The molecule has 140 valence electrons. The van der Waals surface area contributed by atoms with E-state index in [1.54, 1.807) is 6.20 Å². The number of likely N-dealkylation sites (N-methyl/N-ethyl adjacent to an activating group) is 1. The Bertz CT molecular complexity index is 757. The normalized spacial score (nSPS) is 16.2. The first kappa shape index (κ1) is 18.7. The summed E-state index contributed by atoms with van der Waals surface area (Å²) in [5, 5.41) is 13.9. The lowest BCUT2D eigenvalue weighted by Crippen LogP contribution is -2.53. The zero-order chi connectivity index (χ0) is 18.9. The van der Waals surface area contributed by atoms with Crippen molar-refractivity contribution in [3.63, 3.8) is 0 Å². The number of nitrogens with zero attached hydrogens (tertiary/aromatic N) is 4. The molecule has 0 aliphatic heterocycles. The SMILES string of the molecule is CC(C(O)NC(C)(C)C)N(C)c1nc(-c2ccccn2)nc2c1CCC2. The van der Waals surface area contributed by atoms with Crippen LogP contribution in [0.1, 0.15) is 45.4 Å². The minimum atomic E-state index is -0.662. The maximum atomic E-state index is 10.6. The van der Waals surface area contributed by atoms with Gasteiger partial charge in [-0.1, -0.05) is 6.07 Å². The molecule has 0 aromatic carbocycles. The van der Waals surface area contributed by atoms with E-state index in [1.165, 1.54) is 5.56 Å². The predicted octanol–water partition coefficient (Wildman–Crippen LogP) is 2.56. The predicted molar refractivity (Wildman–Crippen MR) is 104 cm³/mol. The van der Waals surface area contributed by atoms with Crippen molar-refractivity contribution in [1.29, 1.82) is 0 Å².